The molecule has 2 aromatic rings. The number of phenols is 1. The van der Waals surface area contributed by atoms with Crippen molar-refractivity contribution in [3.05, 3.63) is 53.1 Å². The van der Waals surface area contributed by atoms with Crippen molar-refractivity contribution in [2.24, 2.45) is 0 Å². The molecule has 0 aromatic heterocycles. The molecule has 2 aromatic carbocycles. The average Bonchev–Trinajstić information content (AvgIpc) is 3.10. The highest BCUT2D eigenvalue weighted by molar-refractivity contribution is 5.97. The first kappa shape index (κ1) is 22.3. The van der Waals surface area contributed by atoms with Gasteiger partial charge in [-0.05, 0) is 23.8 Å². The largest absolute Gasteiger partial charge is 0.507 e. The Morgan fingerprint density at radius 1 is 1.00 bits per heavy atom. The van der Waals surface area contributed by atoms with Crippen LogP contribution in [-0.2, 0) is 15.9 Å². The smallest absolute Gasteiger partial charge is 0.342 e. The van der Waals surface area contributed by atoms with Crippen molar-refractivity contribution in [3.63, 3.8) is 0 Å². The van der Waals surface area contributed by atoms with Crippen LogP contribution in [0.3, 0.4) is 0 Å². The van der Waals surface area contributed by atoms with E-state index in [2.05, 4.69) is 0 Å². The third kappa shape index (κ3) is 4.10. The quantitative estimate of drug-likeness (QED) is 0.382. The summed E-state index contributed by atoms with van der Waals surface area (Å²) < 4.78 is 21.5. The number of aliphatic hydroxyl groups excluding tert-OH is 4. The fraction of sp³-hybridized carbons (Fsp3) is 0.409. The van der Waals surface area contributed by atoms with E-state index in [0.29, 0.717) is 23.5 Å². The molecule has 0 aliphatic carbocycles. The van der Waals surface area contributed by atoms with Crippen LogP contribution in [0, 0.1) is 0 Å². The normalized spacial score (nSPS) is 29.3. The SMILES string of the molecule is COc1cc(O)c2c(c1)[C@@H](Cc1ccc(O[C@@H]3O[C@H](CO)[C@@H](O)[C@H](O)[C@H]3O)cc1)OC2=O. The van der Waals surface area contributed by atoms with Gasteiger partial charge < -0.3 is 44.5 Å². The van der Waals surface area contributed by atoms with Gasteiger partial charge in [0.1, 0.15) is 53.3 Å². The lowest BCUT2D eigenvalue weighted by molar-refractivity contribution is -0.277. The standard InChI is InChI=1S/C22H24O10/c1-29-12-7-13-15(31-21(28)17(13)14(24)8-12)6-10-2-4-11(5-3-10)30-22-20(27)19(26)18(25)16(9-23)32-22/h2-5,7-8,15-16,18-20,22-27H,6,9H2,1H3/t15-,16-,18-,19+,20-,22-/m1/s1. The van der Waals surface area contributed by atoms with Crippen LogP contribution in [0.2, 0.25) is 0 Å². The van der Waals surface area contributed by atoms with E-state index < -0.39 is 49.4 Å². The molecule has 0 amide bonds. The van der Waals surface area contributed by atoms with Gasteiger partial charge in [0.25, 0.3) is 0 Å². The molecule has 1 saturated heterocycles. The van der Waals surface area contributed by atoms with E-state index in [1.807, 2.05) is 0 Å². The van der Waals surface area contributed by atoms with Gasteiger partial charge in [0, 0.05) is 18.1 Å². The lowest BCUT2D eigenvalue weighted by atomic mass is 9.98. The average molecular weight is 448 g/mol. The van der Waals surface area contributed by atoms with E-state index in [-0.39, 0.29) is 11.3 Å². The Balaban J connectivity index is 1.46. The zero-order valence-electron chi connectivity index (χ0n) is 17.1. The summed E-state index contributed by atoms with van der Waals surface area (Å²) in [6, 6.07) is 9.68. The summed E-state index contributed by atoms with van der Waals surface area (Å²) in [5.41, 5.74) is 1.46. The van der Waals surface area contributed by atoms with Gasteiger partial charge in [0.05, 0.1) is 13.7 Å². The number of hydrogen-bond donors (Lipinski definition) is 5. The second kappa shape index (κ2) is 8.93. The second-order valence-corrected chi connectivity index (χ2v) is 7.67. The van der Waals surface area contributed by atoms with E-state index >= 15 is 0 Å². The number of ether oxygens (including phenoxy) is 4. The first-order valence-electron chi connectivity index (χ1n) is 10.0. The van der Waals surface area contributed by atoms with Gasteiger partial charge in [-0.2, -0.15) is 0 Å². The van der Waals surface area contributed by atoms with Gasteiger partial charge in [-0.3, -0.25) is 0 Å². The summed E-state index contributed by atoms with van der Waals surface area (Å²) in [4.78, 5) is 12.2. The highest BCUT2D eigenvalue weighted by atomic mass is 16.7. The van der Waals surface area contributed by atoms with Crippen LogP contribution in [0.4, 0.5) is 0 Å². The summed E-state index contributed by atoms with van der Waals surface area (Å²) in [7, 11) is 1.46. The van der Waals surface area contributed by atoms with Crippen LogP contribution in [0.1, 0.15) is 27.6 Å². The molecule has 172 valence electrons. The highest BCUT2D eigenvalue weighted by Crippen LogP contribution is 2.40. The van der Waals surface area contributed by atoms with Crippen molar-refractivity contribution in [2.45, 2.75) is 43.2 Å². The van der Waals surface area contributed by atoms with Gasteiger partial charge in [-0.25, -0.2) is 4.79 Å². The Kier molecular flexibility index (Phi) is 6.22. The molecule has 6 atom stereocenters. The molecule has 0 spiro atoms. The number of fused-ring (bicyclic) bond motifs is 1. The van der Waals surface area contributed by atoms with Crippen LogP contribution < -0.4 is 9.47 Å². The molecule has 2 heterocycles. The number of aliphatic hydroxyl groups is 4. The summed E-state index contributed by atoms with van der Waals surface area (Å²) in [6.45, 7) is -0.550. The molecule has 5 N–H and O–H groups in total. The molecule has 10 nitrogen and oxygen atoms in total. The number of phenolic OH excluding ortho intramolecular Hbond substituents is 1. The van der Waals surface area contributed by atoms with Gasteiger partial charge in [0.2, 0.25) is 6.29 Å². The van der Waals surface area contributed by atoms with E-state index in [0.717, 1.165) is 5.56 Å². The van der Waals surface area contributed by atoms with Crippen molar-refractivity contribution in [1.29, 1.82) is 0 Å². The number of hydrogen-bond acceptors (Lipinski definition) is 10. The molecule has 0 unspecified atom stereocenters. The summed E-state index contributed by atoms with van der Waals surface area (Å²) in [6.07, 6.45) is -7.12. The van der Waals surface area contributed by atoms with E-state index in [9.17, 15) is 30.3 Å². The van der Waals surface area contributed by atoms with E-state index in [1.165, 1.54) is 13.2 Å². The molecule has 0 bridgehead atoms. The van der Waals surface area contributed by atoms with E-state index in [1.54, 1.807) is 30.3 Å². The van der Waals surface area contributed by atoms with Gasteiger partial charge in [-0.1, -0.05) is 12.1 Å². The molecule has 2 aliphatic heterocycles. The summed E-state index contributed by atoms with van der Waals surface area (Å²) >= 11 is 0. The fourth-order valence-electron chi connectivity index (χ4n) is 3.84. The minimum atomic E-state index is -1.53. The first-order chi connectivity index (χ1) is 15.3. The van der Waals surface area contributed by atoms with Gasteiger partial charge in [0.15, 0.2) is 0 Å². The van der Waals surface area contributed by atoms with Crippen molar-refractivity contribution in [1.82, 2.24) is 0 Å². The van der Waals surface area contributed by atoms with Crippen LogP contribution >= 0.6 is 0 Å². The minimum Gasteiger partial charge on any atom is -0.507 e. The topological polar surface area (TPSA) is 155 Å². The zero-order valence-corrected chi connectivity index (χ0v) is 17.1. The van der Waals surface area contributed by atoms with Gasteiger partial charge in [-0.15, -0.1) is 0 Å². The maximum atomic E-state index is 12.2. The van der Waals surface area contributed by atoms with Crippen LogP contribution in [-0.4, -0.2) is 75.9 Å². The van der Waals surface area contributed by atoms with Crippen molar-refractivity contribution >= 4 is 5.97 Å². The van der Waals surface area contributed by atoms with Gasteiger partial charge >= 0.3 is 5.97 Å². The van der Waals surface area contributed by atoms with Crippen molar-refractivity contribution in [2.75, 3.05) is 13.7 Å². The number of esters is 1. The number of rotatable bonds is 6. The number of benzene rings is 2. The number of cyclic esters (lactones) is 1. The second-order valence-electron chi connectivity index (χ2n) is 7.67. The molecule has 4 rings (SSSR count). The Bertz CT molecular complexity index is 973. The Labute approximate surface area is 183 Å². The Hall–Kier alpha value is -2.89. The Morgan fingerprint density at radius 2 is 1.72 bits per heavy atom. The maximum absolute atomic E-state index is 12.2. The van der Waals surface area contributed by atoms with E-state index in [4.69, 9.17) is 18.9 Å². The fourth-order valence-corrected chi connectivity index (χ4v) is 3.84. The van der Waals surface area contributed by atoms with Crippen molar-refractivity contribution < 1.29 is 49.3 Å². The van der Waals surface area contributed by atoms with Crippen LogP contribution in [0.15, 0.2) is 36.4 Å². The maximum Gasteiger partial charge on any atom is 0.342 e. The lowest BCUT2D eigenvalue weighted by Gasteiger charge is -2.39. The lowest BCUT2D eigenvalue weighted by Crippen LogP contribution is -2.60. The van der Waals surface area contributed by atoms with Crippen molar-refractivity contribution in [3.8, 4) is 17.2 Å². The molecule has 0 radical (unpaired) electrons. The predicted octanol–water partition coefficient (Wildman–Crippen LogP) is 0.0337. The first-order valence-corrected chi connectivity index (χ1v) is 10.0. The number of carbonyl (C=O) groups excluding carboxylic acids is 1. The van der Waals surface area contributed by atoms with Crippen LogP contribution in [0.25, 0.3) is 0 Å². The highest BCUT2D eigenvalue weighted by Gasteiger charge is 2.44. The summed E-state index contributed by atoms with van der Waals surface area (Å²) in [5.74, 6) is -0.0723. The third-order valence-corrected chi connectivity index (χ3v) is 5.60. The number of methoxy groups -OCH3 is 1. The Morgan fingerprint density at radius 3 is 2.38 bits per heavy atom. The molecule has 0 saturated carbocycles. The predicted molar refractivity (Wildman–Crippen MR) is 107 cm³/mol. The molecule has 2 aliphatic rings. The summed E-state index contributed by atoms with van der Waals surface area (Å²) in [5, 5.41) is 49.2. The molecule has 10 heteroatoms. The molecular formula is C22H24O10. The zero-order chi connectivity index (χ0) is 23.0. The number of carbonyl (C=O) groups is 1. The molecular weight excluding hydrogens is 424 g/mol. The molecule has 1 fully saturated rings. The monoisotopic (exact) mass is 448 g/mol. The van der Waals surface area contributed by atoms with Crippen LogP contribution in [0.5, 0.6) is 17.2 Å². The third-order valence-electron chi connectivity index (χ3n) is 5.60. The number of aromatic hydroxyl groups is 1. The molecule has 32 heavy (non-hydrogen) atoms. The minimum absolute atomic E-state index is 0.123.